The van der Waals surface area contributed by atoms with Crippen LogP contribution < -0.4 is 5.32 Å². The lowest BCUT2D eigenvalue weighted by Crippen LogP contribution is -2.51. The van der Waals surface area contributed by atoms with Crippen LogP contribution in [-0.2, 0) is 6.42 Å². The molecular weight excluding hydrogens is 433 g/mol. The van der Waals surface area contributed by atoms with E-state index in [2.05, 4.69) is 72.9 Å². The average Bonchev–Trinajstić information content (AvgIpc) is 2.61. The third-order valence-corrected chi connectivity index (χ3v) is 7.45. The molecule has 0 aliphatic heterocycles. The summed E-state index contributed by atoms with van der Waals surface area (Å²) in [7, 11) is 0. The normalized spacial score (nSPS) is 31.8. The molecule has 4 atom stereocenters. The molecule has 3 rings (SSSR count). The number of fused-ring (bicyclic) bond motifs is 1. The highest BCUT2D eigenvalue weighted by Crippen LogP contribution is 2.51. The fourth-order valence-electron chi connectivity index (χ4n) is 5.26. The molecule has 0 radical (unpaired) electrons. The van der Waals surface area contributed by atoms with Crippen LogP contribution in [0.15, 0.2) is 35.4 Å². The van der Waals surface area contributed by atoms with E-state index in [-0.39, 0.29) is 11.5 Å². The van der Waals surface area contributed by atoms with Crippen molar-refractivity contribution in [1.82, 2.24) is 5.32 Å². The van der Waals surface area contributed by atoms with Crippen molar-refractivity contribution in [2.75, 3.05) is 6.54 Å². The van der Waals surface area contributed by atoms with Crippen LogP contribution in [0.4, 0.5) is 0 Å². The predicted molar refractivity (Wildman–Crippen MR) is 118 cm³/mol. The van der Waals surface area contributed by atoms with Crippen molar-refractivity contribution < 1.29 is 5.11 Å². The molecule has 1 fully saturated rings. The molecule has 2 N–H and O–H groups in total. The Morgan fingerprint density at radius 2 is 2.00 bits per heavy atom. The number of aliphatic hydroxyl groups excluding tert-OH is 1. The highest BCUT2D eigenvalue weighted by Gasteiger charge is 2.47. The molecule has 3 heteroatoms. The van der Waals surface area contributed by atoms with Gasteiger partial charge in [0, 0.05) is 15.0 Å². The van der Waals surface area contributed by atoms with Gasteiger partial charge in [-0.1, -0.05) is 43.5 Å². The Balaban J connectivity index is 1.89. The van der Waals surface area contributed by atoms with Gasteiger partial charge in [0.15, 0.2) is 0 Å². The van der Waals surface area contributed by atoms with Crippen molar-refractivity contribution in [1.29, 1.82) is 0 Å². The summed E-state index contributed by atoms with van der Waals surface area (Å²) in [5.74, 6) is 0.549. The summed E-state index contributed by atoms with van der Waals surface area (Å²) in [5.41, 5.74) is 4.45. The van der Waals surface area contributed by atoms with Crippen molar-refractivity contribution in [3.8, 4) is 0 Å². The Bertz CT molecular complexity index is 638. The molecule has 144 valence electrons. The van der Waals surface area contributed by atoms with Gasteiger partial charge in [0.25, 0.3) is 0 Å². The molecule has 0 bridgehead atoms. The van der Waals surface area contributed by atoms with E-state index in [9.17, 15) is 5.11 Å². The summed E-state index contributed by atoms with van der Waals surface area (Å²) in [6.45, 7) is 7.99. The molecule has 2 aliphatic carbocycles. The van der Waals surface area contributed by atoms with Crippen molar-refractivity contribution in [3.05, 3.63) is 44.5 Å². The van der Waals surface area contributed by atoms with E-state index >= 15 is 0 Å². The fourth-order valence-corrected chi connectivity index (χ4v) is 5.61. The van der Waals surface area contributed by atoms with Crippen LogP contribution >= 0.6 is 22.6 Å². The lowest BCUT2D eigenvalue weighted by atomic mass is 9.58. The minimum atomic E-state index is -0.183. The number of nitrogens with one attached hydrogen (secondary N) is 1. The van der Waals surface area contributed by atoms with Gasteiger partial charge in [-0.05, 0) is 98.2 Å². The standard InChI is InChI=1S/C23H34INO/c1-4-5-13-25-22-16(2)20-7-6-8-21(26)23(20,3)15-18(22)14-17-9-11-19(24)12-10-17/h9-12,18,21-22,25-26H,4-8,13-15H2,1-3H3/t18?,21-,22?,23-/m0/s1. The molecule has 1 saturated carbocycles. The van der Waals surface area contributed by atoms with E-state index in [0.717, 1.165) is 32.2 Å². The number of aliphatic hydroxyl groups is 1. The minimum absolute atomic E-state index is 0.0286. The van der Waals surface area contributed by atoms with Crippen LogP contribution in [0.2, 0.25) is 0 Å². The first-order valence-corrected chi connectivity index (χ1v) is 11.4. The van der Waals surface area contributed by atoms with E-state index in [1.54, 1.807) is 5.57 Å². The SMILES string of the molecule is CCCCNC1C(C)=C2CCC[C@H](O)[C@@]2(C)CC1Cc1ccc(I)cc1. The van der Waals surface area contributed by atoms with Crippen molar-refractivity contribution >= 4 is 22.6 Å². The molecular formula is C23H34INO. The zero-order valence-electron chi connectivity index (χ0n) is 16.5. The molecule has 0 aromatic heterocycles. The highest BCUT2D eigenvalue weighted by atomic mass is 127. The van der Waals surface area contributed by atoms with Gasteiger partial charge in [-0.25, -0.2) is 0 Å². The Labute approximate surface area is 173 Å². The number of rotatable bonds is 6. The topological polar surface area (TPSA) is 32.3 Å². The number of hydrogen-bond donors (Lipinski definition) is 2. The van der Waals surface area contributed by atoms with Crippen LogP contribution in [0.25, 0.3) is 0 Å². The van der Waals surface area contributed by atoms with Gasteiger partial charge in [-0.3, -0.25) is 0 Å². The summed E-state index contributed by atoms with van der Waals surface area (Å²) in [6, 6.07) is 9.43. The third-order valence-electron chi connectivity index (χ3n) is 6.74. The lowest BCUT2D eigenvalue weighted by Gasteiger charge is -2.50. The van der Waals surface area contributed by atoms with Gasteiger partial charge in [0.2, 0.25) is 0 Å². The summed E-state index contributed by atoms with van der Waals surface area (Å²) in [6.07, 6.45) is 7.72. The molecule has 0 heterocycles. The first-order valence-electron chi connectivity index (χ1n) is 10.3. The maximum Gasteiger partial charge on any atom is 0.0631 e. The molecule has 0 saturated heterocycles. The van der Waals surface area contributed by atoms with Crippen molar-refractivity contribution in [2.24, 2.45) is 11.3 Å². The van der Waals surface area contributed by atoms with E-state index < -0.39 is 0 Å². The van der Waals surface area contributed by atoms with E-state index in [0.29, 0.717) is 12.0 Å². The second-order valence-electron chi connectivity index (χ2n) is 8.57. The van der Waals surface area contributed by atoms with E-state index in [1.165, 1.54) is 34.0 Å². The maximum atomic E-state index is 10.8. The Hall–Kier alpha value is -0.390. The first kappa shape index (κ1) is 20.3. The van der Waals surface area contributed by atoms with Crippen molar-refractivity contribution in [3.63, 3.8) is 0 Å². The maximum absolute atomic E-state index is 10.8. The second-order valence-corrected chi connectivity index (χ2v) is 9.81. The Morgan fingerprint density at radius 1 is 1.27 bits per heavy atom. The molecule has 1 aromatic carbocycles. The number of benzene rings is 1. The van der Waals surface area contributed by atoms with Crippen LogP contribution in [0.5, 0.6) is 0 Å². The largest absolute Gasteiger partial charge is 0.392 e. The molecule has 26 heavy (non-hydrogen) atoms. The Kier molecular flexibility index (Phi) is 6.84. The van der Waals surface area contributed by atoms with E-state index in [1.807, 2.05) is 0 Å². The molecule has 0 amide bonds. The summed E-state index contributed by atoms with van der Waals surface area (Å²) in [4.78, 5) is 0. The van der Waals surface area contributed by atoms with Gasteiger partial charge in [-0.15, -0.1) is 0 Å². The third kappa shape index (κ3) is 4.20. The minimum Gasteiger partial charge on any atom is -0.392 e. The van der Waals surface area contributed by atoms with Gasteiger partial charge in [0.05, 0.1) is 6.10 Å². The molecule has 1 aromatic rings. The Morgan fingerprint density at radius 3 is 2.69 bits per heavy atom. The summed E-state index contributed by atoms with van der Waals surface area (Å²) in [5, 5.41) is 14.7. The quantitative estimate of drug-likeness (QED) is 0.330. The summed E-state index contributed by atoms with van der Waals surface area (Å²) >= 11 is 2.37. The van der Waals surface area contributed by atoms with Gasteiger partial charge in [0.1, 0.15) is 0 Å². The van der Waals surface area contributed by atoms with Gasteiger partial charge >= 0.3 is 0 Å². The van der Waals surface area contributed by atoms with Crippen LogP contribution in [0.1, 0.15) is 64.9 Å². The van der Waals surface area contributed by atoms with Gasteiger partial charge < -0.3 is 10.4 Å². The first-order chi connectivity index (χ1) is 12.5. The second kappa shape index (κ2) is 8.74. The average molecular weight is 467 g/mol. The monoisotopic (exact) mass is 467 g/mol. The summed E-state index contributed by atoms with van der Waals surface area (Å²) < 4.78 is 1.29. The molecule has 2 aliphatic rings. The number of hydrogen-bond acceptors (Lipinski definition) is 2. The van der Waals surface area contributed by atoms with Crippen molar-refractivity contribution in [2.45, 2.75) is 77.9 Å². The number of halogens is 1. The zero-order chi connectivity index (χ0) is 18.7. The lowest BCUT2D eigenvalue weighted by molar-refractivity contribution is 0.00864. The fraction of sp³-hybridized carbons (Fsp3) is 0.652. The number of unbranched alkanes of at least 4 members (excludes halogenated alkanes) is 1. The van der Waals surface area contributed by atoms with Gasteiger partial charge in [-0.2, -0.15) is 0 Å². The predicted octanol–water partition coefficient (Wildman–Crippen LogP) is 5.48. The molecule has 0 spiro atoms. The smallest absolute Gasteiger partial charge is 0.0631 e. The highest BCUT2D eigenvalue weighted by molar-refractivity contribution is 14.1. The van der Waals surface area contributed by atoms with Crippen LogP contribution in [0.3, 0.4) is 0 Å². The van der Waals surface area contributed by atoms with Crippen LogP contribution in [0, 0.1) is 14.9 Å². The van der Waals surface area contributed by atoms with E-state index in [4.69, 9.17) is 0 Å². The molecule has 2 nitrogen and oxygen atoms in total. The molecule has 2 unspecified atom stereocenters. The zero-order valence-corrected chi connectivity index (χ0v) is 18.7. The van der Waals surface area contributed by atoms with Crippen LogP contribution in [-0.4, -0.2) is 23.8 Å².